The highest BCUT2D eigenvalue weighted by Gasteiger charge is 2.24. The van der Waals surface area contributed by atoms with Crippen LogP contribution in [0.5, 0.6) is 0 Å². The molecule has 4 nitrogen and oxygen atoms in total. The van der Waals surface area contributed by atoms with E-state index in [-0.39, 0.29) is 18.1 Å². The van der Waals surface area contributed by atoms with E-state index in [1.165, 1.54) is 6.42 Å². The molecule has 1 aliphatic rings. The highest BCUT2D eigenvalue weighted by molar-refractivity contribution is 5.87. The van der Waals surface area contributed by atoms with Gasteiger partial charge in [-0.2, -0.15) is 0 Å². The molecule has 0 heterocycles. The standard InChI is InChI=1S/C10H17NO3/c11-8(10(13)14)6-9(12)7-4-2-1-3-5-7/h7-8H,1-6,11H2,(H,13,14)/t8-/m0/s1. The molecule has 0 saturated heterocycles. The summed E-state index contributed by atoms with van der Waals surface area (Å²) in [5.41, 5.74) is 5.30. The van der Waals surface area contributed by atoms with Crippen LogP contribution in [0.2, 0.25) is 0 Å². The summed E-state index contributed by atoms with van der Waals surface area (Å²) in [6, 6.07) is -1.02. The fourth-order valence-electron chi connectivity index (χ4n) is 1.90. The first-order valence-corrected chi connectivity index (χ1v) is 5.12. The third-order valence-corrected chi connectivity index (χ3v) is 2.80. The molecule has 1 atom stereocenters. The van der Waals surface area contributed by atoms with Crippen LogP contribution in [-0.2, 0) is 9.59 Å². The zero-order valence-electron chi connectivity index (χ0n) is 8.24. The maximum atomic E-state index is 11.6. The number of rotatable bonds is 4. The normalized spacial score (nSPS) is 20.4. The van der Waals surface area contributed by atoms with Crippen molar-refractivity contribution < 1.29 is 14.7 Å². The Kier molecular flexibility index (Phi) is 4.07. The van der Waals surface area contributed by atoms with Crippen molar-refractivity contribution >= 4 is 11.8 Å². The summed E-state index contributed by atoms with van der Waals surface area (Å²) in [6.07, 6.45) is 5.16. The lowest BCUT2D eigenvalue weighted by molar-refractivity contribution is -0.140. The lowest BCUT2D eigenvalue weighted by Crippen LogP contribution is -2.34. The van der Waals surface area contributed by atoms with Gasteiger partial charge in [0, 0.05) is 12.3 Å². The van der Waals surface area contributed by atoms with Gasteiger partial charge in [0.05, 0.1) is 0 Å². The number of carbonyl (C=O) groups excluding carboxylic acids is 1. The van der Waals surface area contributed by atoms with E-state index in [4.69, 9.17) is 10.8 Å². The molecular formula is C10H17NO3. The van der Waals surface area contributed by atoms with Crippen molar-refractivity contribution in [1.82, 2.24) is 0 Å². The molecule has 14 heavy (non-hydrogen) atoms. The van der Waals surface area contributed by atoms with Crippen LogP contribution in [-0.4, -0.2) is 22.9 Å². The smallest absolute Gasteiger partial charge is 0.320 e. The quantitative estimate of drug-likeness (QED) is 0.706. The van der Waals surface area contributed by atoms with E-state index >= 15 is 0 Å². The van der Waals surface area contributed by atoms with Crippen molar-refractivity contribution in [2.75, 3.05) is 0 Å². The average Bonchev–Trinajstić information content (AvgIpc) is 2.19. The first-order valence-electron chi connectivity index (χ1n) is 5.12. The van der Waals surface area contributed by atoms with Crippen LogP contribution >= 0.6 is 0 Å². The Morgan fingerprint density at radius 1 is 1.29 bits per heavy atom. The van der Waals surface area contributed by atoms with Crippen LogP contribution in [0.3, 0.4) is 0 Å². The Hall–Kier alpha value is -0.900. The Morgan fingerprint density at radius 3 is 2.36 bits per heavy atom. The number of aliphatic carboxylic acids is 1. The van der Waals surface area contributed by atoms with E-state index in [2.05, 4.69) is 0 Å². The van der Waals surface area contributed by atoms with Gasteiger partial charge in [-0.1, -0.05) is 19.3 Å². The van der Waals surface area contributed by atoms with Crippen molar-refractivity contribution in [3.63, 3.8) is 0 Å². The van der Waals surface area contributed by atoms with Crippen LogP contribution in [0.4, 0.5) is 0 Å². The van der Waals surface area contributed by atoms with Gasteiger partial charge in [-0.05, 0) is 12.8 Å². The van der Waals surface area contributed by atoms with Crippen LogP contribution in [0.1, 0.15) is 38.5 Å². The average molecular weight is 199 g/mol. The van der Waals surface area contributed by atoms with Gasteiger partial charge >= 0.3 is 5.97 Å². The molecule has 0 spiro atoms. The summed E-state index contributed by atoms with van der Waals surface area (Å²) in [5.74, 6) is -0.997. The van der Waals surface area contributed by atoms with Gasteiger partial charge in [0.25, 0.3) is 0 Å². The highest BCUT2D eigenvalue weighted by Crippen LogP contribution is 2.25. The van der Waals surface area contributed by atoms with Crippen molar-refractivity contribution in [2.24, 2.45) is 11.7 Å². The van der Waals surface area contributed by atoms with E-state index in [0.29, 0.717) is 0 Å². The summed E-state index contributed by atoms with van der Waals surface area (Å²) < 4.78 is 0. The molecule has 0 aliphatic heterocycles. The van der Waals surface area contributed by atoms with Gasteiger partial charge in [0.15, 0.2) is 0 Å². The summed E-state index contributed by atoms with van der Waals surface area (Å²) >= 11 is 0. The number of carbonyl (C=O) groups is 2. The van der Waals surface area contributed by atoms with Crippen molar-refractivity contribution in [1.29, 1.82) is 0 Å². The lowest BCUT2D eigenvalue weighted by Gasteiger charge is -2.20. The Balaban J connectivity index is 2.36. The molecule has 0 aromatic rings. The Labute approximate surface area is 83.5 Å². The molecule has 3 N–H and O–H groups in total. The van der Waals surface area contributed by atoms with Crippen LogP contribution in [0.25, 0.3) is 0 Å². The summed E-state index contributed by atoms with van der Waals surface area (Å²) in [7, 11) is 0. The number of hydrogen-bond acceptors (Lipinski definition) is 3. The second-order valence-corrected chi connectivity index (χ2v) is 3.95. The molecule has 1 saturated carbocycles. The SMILES string of the molecule is N[C@@H](CC(=O)C1CCCCC1)C(=O)O. The van der Waals surface area contributed by atoms with Crippen molar-refractivity contribution in [3.8, 4) is 0 Å². The lowest BCUT2D eigenvalue weighted by atomic mass is 9.84. The second-order valence-electron chi connectivity index (χ2n) is 3.95. The molecular weight excluding hydrogens is 182 g/mol. The predicted molar refractivity (Wildman–Crippen MR) is 51.8 cm³/mol. The molecule has 0 amide bonds. The molecule has 80 valence electrons. The maximum absolute atomic E-state index is 11.6. The van der Waals surface area contributed by atoms with Gasteiger partial charge < -0.3 is 10.8 Å². The molecule has 0 aromatic carbocycles. The Bertz CT molecular complexity index is 221. The minimum atomic E-state index is -1.09. The van der Waals surface area contributed by atoms with Gasteiger partial charge in [0.2, 0.25) is 0 Å². The minimum Gasteiger partial charge on any atom is -0.480 e. The molecule has 1 aliphatic carbocycles. The Morgan fingerprint density at radius 2 is 1.86 bits per heavy atom. The summed E-state index contributed by atoms with van der Waals surface area (Å²) in [4.78, 5) is 22.0. The number of carboxylic acids is 1. The minimum absolute atomic E-state index is 0.0139. The predicted octanol–water partition coefficient (Wildman–Crippen LogP) is 0.938. The maximum Gasteiger partial charge on any atom is 0.320 e. The fraction of sp³-hybridized carbons (Fsp3) is 0.800. The number of Topliss-reactive ketones (excluding diaryl/α,β-unsaturated/α-hetero) is 1. The van der Waals surface area contributed by atoms with E-state index in [0.717, 1.165) is 25.7 Å². The zero-order chi connectivity index (χ0) is 10.6. The van der Waals surface area contributed by atoms with E-state index in [1.807, 2.05) is 0 Å². The molecule has 1 rings (SSSR count). The van der Waals surface area contributed by atoms with E-state index in [9.17, 15) is 9.59 Å². The molecule has 0 unspecified atom stereocenters. The topological polar surface area (TPSA) is 80.4 Å². The first-order chi connectivity index (χ1) is 6.61. The fourth-order valence-corrected chi connectivity index (χ4v) is 1.90. The van der Waals surface area contributed by atoms with E-state index < -0.39 is 12.0 Å². The number of nitrogens with two attached hydrogens (primary N) is 1. The zero-order valence-corrected chi connectivity index (χ0v) is 8.24. The molecule has 0 aromatic heterocycles. The largest absolute Gasteiger partial charge is 0.480 e. The second kappa shape index (κ2) is 5.10. The first kappa shape index (κ1) is 11.2. The van der Waals surface area contributed by atoms with Crippen LogP contribution in [0.15, 0.2) is 0 Å². The molecule has 4 heteroatoms. The molecule has 0 bridgehead atoms. The number of carboxylic acid groups (broad SMARTS) is 1. The van der Waals surface area contributed by atoms with Gasteiger partial charge in [-0.15, -0.1) is 0 Å². The van der Waals surface area contributed by atoms with Gasteiger partial charge in [-0.3, -0.25) is 9.59 Å². The monoisotopic (exact) mass is 199 g/mol. The van der Waals surface area contributed by atoms with Crippen LogP contribution in [0, 0.1) is 5.92 Å². The third-order valence-electron chi connectivity index (χ3n) is 2.80. The summed E-state index contributed by atoms with van der Waals surface area (Å²) in [5, 5.41) is 8.55. The molecule has 1 fully saturated rings. The van der Waals surface area contributed by atoms with Crippen LogP contribution < -0.4 is 5.73 Å². The van der Waals surface area contributed by atoms with Crippen molar-refractivity contribution in [3.05, 3.63) is 0 Å². The summed E-state index contributed by atoms with van der Waals surface area (Å²) in [6.45, 7) is 0. The molecule has 0 radical (unpaired) electrons. The number of hydrogen-bond donors (Lipinski definition) is 2. The number of ketones is 1. The highest BCUT2D eigenvalue weighted by atomic mass is 16.4. The van der Waals surface area contributed by atoms with E-state index in [1.54, 1.807) is 0 Å². The van der Waals surface area contributed by atoms with Crippen molar-refractivity contribution in [2.45, 2.75) is 44.6 Å². The van der Waals surface area contributed by atoms with Gasteiger partial charge in [0.1, 0.15) is 11.8 Å². The van der Waals surface area contributed by atoms with Gasteiger partial charge in [-0.25, -0.2) is 0 Å². The third kappa shape index (κ3) is 3.10.